The van der Waals surface area contributed by atoms with Crippen molar-refractivity contribution in [3.63, 3.8) is 0 Å². The van der Waals surface area contributed by atoms with Gasteiger partial charge in [-0.3, -0.25) is 9.78 Å². The molecule has 0 aliphatic carbocycles. The molecule has 2 fully saturated rings. The summed E-state index contributed by atoms with van der Waals surface area (Å²) < 4.78 is 6.78. The largest absolute Gasteiger partial charge is 0.378 e. The van der Waals surface area contributed by atoms with Crippen LogP contribution in [0.3, 0.4) is 0 Å². The monoisotopic (exact) mass is 355 g/mol. The molecule has 0 aromatic carbocycles. The second-order valence-electron chi connectivity index (χ2n) is 6.63. The molecular formula is C18H21N5O3. The van der Waals surface area contributed by atoms with E-state index in [0.29, 0.717) is 45.9 Å². The molecule has 2 aromatic rings. The zero-order valence-corrected chi connectivity index (χ0v) is 14.5. The van der Waals surface area contributed by atoms with Crippen molar-refractivity contribution in [3.8, 4) is 11.3 Å². The van der Waals surface area contributed by atoms with Crippen LogP contribution in [0.2, 0.25) is 0 Å². The SMILES string of the molecule is O=C(N1CCOCC1)N1CC(Cn2nc(-c3ccncc3)ccc2=O)C1. The molecule has 0 bridgehead atoms. The number of urea groups is 1. The number of morpholine rings is 1. The minimum atomic E-state index is -0.124. The Morgan fingerprint density at radius 1 is 1.08 bits per heavy atom. The first-order chi connectivity index (χ1) is 12.7. The summed E-state index contributed by atoms with van der Waals surface area (Å²) >= 11 is 0. The standard InChI is InChI=1S/C18H21N5O3/c24-17-2-1-16(15-3-5-19-6-4-15)20-23(17)13-14-11-22(12-14)18(25)21-7-9-26-10-8-21/h1-6,14H,7-13H2. The highest BCUT2D eigenvalue weighted by Crippen LogP contribution is 2.20. The molecule has 0 unspecified atom stereocenters. The van der Waals surface area contributed by atoms with E-state index in [1.54, 1.807) is 18.5 Å². The van der Waals surface area contributed by atoms with Crippen LogP contribution in [-0.2, 0) is 11.3 Å². The average molecular weight is 355 g/mol. The fraction of sp³-hybridized carbons (Fsp3) is 0.444. The highest BCUT2D eigenvalue weighted by atomic mass is 16.5. The molecular weight excluding hydrogens is 334 g/mol. The third-order valence-corrected chi connectivity index (χ3v) is 4.78. The quantitative estimate of drug-likeness (QED) is 0.809. The number of likely N-dealkylation sites (tertiary alicyclic amines) is 1. The summed E-state index contributed by atoms with van der Waals surface area (Å²) in [7, 11) is 0. The highest BCUT2D eigenvalue weighted by molar-refractivity contribution is 5.75. The van der Waals surface area contributed by atoms with E-state index in [1.807, 2.05) is 21.9 Å². The maximum atomic E-state index is 12.4. The summed E-state index contributed by atoms with van der Waals surface area (Å²) in [6.07, 6.45) is 3.40. The van der Waals surface area contributed by atoms with E-state index in [4.69, 9.17) is 4.74 Å². The first kappa shape index (κ1) is 16.7. The summed E-state index contributed by atoms with van der Waals surface area (Å²) in [5.74, 6) is 0.248. The molecule has 0 atom stereocenters. The van der Waals surface area contributed by atoms with Gasteiger partial charge in [0.2, 0.25) is 0 Å². The van der Waals surface area contributed by atoms with Crippen molar-refractivity contribution in [2.45, 2.75) is 6.54 Å². The van der Waals surface area contributed by atoms with Crippen molar-refractivity contribution in [1.29, 1.82) is 0 Å². The average Bonchev–Trinajstić information content (AvgIpc) is 2.66. The molecule has 2 amide bonds. The number of hydrogen-bond acceptors (Lipinski definition) is 5. The van der Waals surface area contributed by atoms with E-state index < -0.39 is 0 Å². The number of carbonyl (C=O) groups excluding carboxylic acids is 1. The van der Waals surface area contributed by atoms with Gasteiger partial charge >= 0.3 is 6.03 Å². The number of ether oxygens (including phenoxy) is 1. The van der Waals surface area contributed by atoms with Crippen LogP contribution >= 0.6 is 0 Å². The van der Waals surface area contributed by atoms with Gasteiger partial charge in [0.25, 0.3) is 5.56 Å². The second kappa shape index (κ2) is 7.25. The Hall–Kier alpha value is -2.74. The number of carbonyl (C=O) groups is 1. The number of pyridine rings is 1. The number of amides is 2. The van der Waals surface area contributed by atoms with Crippen LogP contribution in [0.25, 0.3) is 11.3 Å². The first-order valence-corrected chi connectivity index (χ1v) is 8.81. The molecule has 0 spiro atoms. The topological polar surface area (TPSA) is 80.6 Å². The zero-order valence-electron chi connectivity index (χ0n) is 14.5. The van der Waals surface area contributed by atoms with Crippen LogP contribution in [0.15, 0.2) is 41.5 Å². The molecule has 4 heterocycles. The Morgan fingerprint density at radius 2 is 1.81 bits per heavy atom. The van der Waals surface area contributed by atoms with Gasteiger partial charge < -0.3 is 14.5 Å². The molecule has 2 saturated heterocycles. The summed E-state index contributed by atoms with van der Waals surface area (Å²) in [5.41, 5.74) is 1.54. The van der Waals surface area contributed by atoms with Crippen LogP contribution in [0.4, 0.5) is 4.79 Å². The van der Waals surface area contributed by atoms with Crippen molar-refractivity contribution in [2.75, 3.05) is 39.4 Å². The van der Waals surface area contributed by atoms with Gasteiger partial charge in [0.15, 0.2) is 0 Å². The lowest BCUT2D eigenvalue weighted by Crippen LogP contribution is -2.57. The fourth-order valence-electron chi connectivity index (χ4n) is 3.30. The molecule has 136 valence electrons. The van der Waals surface area contributed by atoms with E-state index in [1.165, 1.54) is 10.7 Å². The number of hydrogen-bond donors (Lipinski definition) is 0. The molecule has 8 heteroatoms. The molecule has 2 aliphatic rings. The molecule has 8 nitrogen and oxygen atoms in total. The van der Waals surface area contributed by atoms with Gasteiger partial charge in [0, 0.05) is 56.1 Å². The number of aromatic nitrogens is 3. The Kier molecular flexibility index (Phi) is 4.66. The summed E-state index contributed by atoms with van der Waals surface area (Å²) in [4.78, 5) is 32.2. The van der Waals surface area contributed by atoms with E-state index in [9.17, 15) is 9.59 Å². The van der Waals surface area contributed by atoms with Crippen molar-refractivity contribution >= 4 is 6.03 Å². The third-order valence-electron chi connectivity index (χ3n) is 4.78. The lowest BCUT2D eigenvalue weighted by Gasteiger charge is -2.42. The Balaban J connectivity index is 1.38. The van der Waals surface area contributed by atoms with Crippen LogP contribution in [0, 0.1) is 5.92 Å². The Morgan fingerprint density at radius 3 is 2.54 bits per heavy atom. The van der Waals surface area contributed by atoms with Crippen molar-refractivity contribution < 1.29 is 9.53 Å². The summed E-state index contributed by atoms with van der Waals surface area (Å²) in [6.45, 7) is 4.33. The molecule has 0 saturated carbocycles. The van der Waals surface area contributed by atoms with Gasteiger partial charge in [0.05, 0.1) is 25.5 Å². The van der Waals surface area contributed by atoms with E-state index in [0.717, 1.165) is 11.3 Å². The molecule has 0 N–H and O–H groups in total. The van der Waals surface area contributed by atoms with Gasteiger partial charge in [-0.25, -0.2) is 9.48 Å². The normalized spacial score (nSPS) is 17.8. The zero-order chi connectivity index (χ0) is 17.9. The summed E-state index contributed by atoms with van der Waals surface area (Å²) in [6, 6.07) is 7.06. The van der Waals surface area contributed by atoms with E-state index >= 15 is 0 Å². The van der Waals surface area contributed by atoms with Gasteiger partial charge in [-0.2, -0.15) is 5.10 Å². The van der Waals surface area contributed by atoms with Gasteiger partial charge in [0.1, 0.15) is 0 Å². The first-order valence-electron chi connectivity index (χ1n) is 8.81. The van der Waals surface area contributed by atoms with Crippen molar-refractivity contribution in [2.24, 2.45) is 5.92 Å². The third kappa shape index (κ3) is 3.45. The number of nitrogens with zero attached hydrogens (tertiary/aromatic N) is 5. The maximum Gasteiger partial charge on any atom is 0.320 e. The maximum absolute atomic E-state index is 12.4. The lowest BCUT2D eigenvalue weighted by atomic mass is 10.0. The molecule has 26 heavy (non-hydrogen) atoms. The number of rotatable bonds is 3. The molecule has 0 radical (unpaired) electrons. The van der Waals surface area contributed by atoms with Crippen LogP contribution in [-0.4, -0.2) is 70.0 Å². The Bertz CT molecular complexity index is 826. The molecule has 4 rings (SSSR count). The van der Waals surface area contributed by atoms with Crippen molar-refractivity contribution in [3.05, 3.63) is 47.0 Å². The second-order valence-corrected chi connectivity index (χ2v) is 6.63. The van der Waals surface area contributed by atoms with Crippen LogP contribution < -0.4 is 5.56 Å². The highest BCUT2D eigenvalue weighted by Gasteiger charge is 2.34. The Labute approximate surface area is 151 Å². The fourth-order valence-corrected chi connectivity index (χ4v) is 3.30. The van der Waals surface area contributed by atoms with Crippen molar-refractivity contribution in [1.82, 2.24) is 24.6 Å². The van der Waals surface area contributed by atoms with E-state index in [-0.39, 0.29) is 17.5 Å². The van der Waals surface area contributed by atoms with E-state index in [2.05, 4.69) is 10.1 Å². The van der Waals surface area contributed by atoms with Gasteiger partial charge in [-0.05, 0) is 18.2 Å². The van der Waals surface area contributed by atoms with Gasteiger partial charge in [-0.1, -0.05) is 0 Å². The minimum Gasteiger partial charge on any atom is -0.378 e. The predicted octanol–water partition coefficient (Wildman–Crippen LogP) is 0.689. The molecule has 2 aromatic heterocycles. The van der Waals surface area contributed by atoms with Crippen LogP contribution in [0.1, 0.15) is 0 Å². The van der Waals surface area contributed by atoms with Gasteiger partial charge in [-0.15, -0.1) is 0 Å². The smallest absolute Gasteiger partial charge is 0.320 e. The van der Waals surface area contributed by atoms with Crippen LogP contribution in [0.5, 0.6) is 0 Å². The predicted molar refractivity (Wildman–Crippen MR) is 94.6 cm³/mol. The minimum absolute atomic E-state index is 0.0652. The molecule has 2 aliphatic heterocycles. The summed E-state index contributed by atoms with van der Waals surface area (Å²) in [5, 5.41) is 4.47. The lowest BCUT2D eigenvalue weighted by molar-refractivity contribution is 0.0263.